The van der Waals surface area contributed by atoms with Gasteiger partial charge in [0.1, 0.15) is 0 Å². The van der Waals surface area contributed by atoms with Gasteiger partial charge in [0.15, 0.2) is 5.79 Å². The first-order chi connectivity index (χ1) is 11.2. The van der Waals surface area contributed by atoms with Crippen molar-refractivity contribution in [2.45, 2.75) is 32.1 Å². The van der Waals surface area contributed by atoms with Crippen molar-refractivity contribution in [3.8, 4) is 10.7 Å². The van der Waals surface area contributed by atoms with Crippen LogP contribution in [0.2, 0.25) is 0 Å². The number of aromatic nitrogens is 2. The molecular weight excluding hydrogens is 314 g/mol. The molecule has 0 amide bonds. The summed E-state index contributed by atoms with van der Waals surface area (Å²) < 4.78 is 17.1. The van der Waals surface area contributed by atoms with E-state index < -0.39 is 5.79 Å². The second kappa shape index (κ2) is 6.32. The second-order valence-electron chi connectivity index (χ2n) is 6.28. The number of likely N-dealkylation sites (tertiary alicyclic amines) is 1. The fourth-order valence-electron chi connectivity index (χ4n) is 3.41. The Labute approximate surface area is 139 Å². The molecule has 2 aliphatic heterocycles. The summed E-state index contributed by atoms with van der Waals surface area (Å²) in [5.74, 6) is 1.30. The van der Waals surface area contributed by atoms with Gasteiger partial charge in [-0.25, -0.2) is 0 Å². The number of hydrogen-bond acceptors (Lipinski definition) is 7. The minimum Gasteiger partial charge on any atom is -0.347 e. The molecule has 124 valence electrons. The third-order valence-electron chi connectivity index (χ3n) is 4.68. The molecular formula is C16H21N3O3S. The fourth-order valence-corrected chi connectivity index (χ4v) is 4.06. The molecule has 4 rings (SSSR count). The van der Waals surface area contributed by atoms with E-state index in [1.807, 2.05) is 17.5 Å². The van der Waals surface area contributed by atoms with Gasteiger partial charge < -0.3 is 14.0 Å². The van der Waals surface area contributed by atoms with Crippen LogP contribution in [0.1, 0.15) is 25.7 Å². The van der Waals surface area contributed by atoms with E-state index >= 15 is 0 Å². The van der Waals surface area contributed by atoms with Crippen molar-refractivity contribution in [3.63, 3.8) is 0 Å². The number of piperidine rings is 1. The first-order valence-corrected chi connectivity index (χ1v) is 8.98. The Morgan fingerprint density at radius 1 is 1.39 bits per heavy atom. The molecule has 0 aromatic carbocycles. The standard InChI is InChI=1S/C16H21N3O3S/c1-16(20-7-8-21-16)12-4-2-6-19(10-12)11-14-17-15(18-22-14)13-5-3-9-23-13/h3,5,9,12H,2,4,6-8,10-11H2,1H3/t12-/m1/s1. The van der Waals surface area contributed by atoms with Crippen molar-refractivity contribution in [1.29, 1.82) is 0 Å². The van der Waals surface area contributed by atoms with Crippen molar-refractivity contribution < 1.29 is 14.0 Å². The molecule has 0 unspecified atom stereocenters. The minimum absolute atomic E-state index is 0.387. The maximum absolute atomic E-state index is 5.83. The van der Waals surface area contributed by atoms with Crippen LogP contribution in [0.3, 0.4) is 0 Å². The number of rotatable bonds is 4. The predicted octanol–water partition coefficient (Wildman–Crippen LogP) is 2.77. The Balaban J connectivity index is 1.41. The van der Waals surface area contributed by atoms with Gasteiger partial charge in [-0.1, -0.05) is 11.2 Å². The SMILES string of the molecule is CC1([C@@H]2CCCN(Cc3nc(-c4cccs4)no3)C2)OCCO1. The lowest BCUT2D eigenvalue weighted by Gasteiger charge is -2.39. The maximum Gasteiger partial charge on any atom is 0.241 e. The average molecular weight is 335 g/mol. The monoisotopic (exact) mass is 335 g/mol. The van der Waals surface area contributed by atoms with Gasteiger partial charge in [0.2, 0.25) is 11.7 Å². The fraction of sp³-hybridized carbons (Fsp3) is 0.625. The Bertz CT molecular complexity index is 637. The van der Waals surface area contributed by atoms with E-state index in [0.717, 1.165) is 30.8 Å². The topological polar surface area (TPSA) is 60.6 Å². The largest absolute Gasteiger partial charge is 0.347 e. The molecule has 0 bridgehead atoms. The Kier molecular flexibility index (Phi) is 4.19. The maximum atomic E-state index is 5.83. The molecule has 0 spiro atoms. The van der Waals surface area contributed by atoms with Gasteiger partial charge in [-0.15, -0.1) is 11.3 Å². The van der Waals surface area contributed by atoms with E-state index in [1.165, 1.54) is 0 Å². The molecule has 7 heteroatoms. The van der Waals surface area contributed by atoms with Gasteiger partial charge in [-0.2, -0.15) is 4.98 Å². The Morgan fingerprint density at radius 3 is 3.04 bits per heavy atom. The predicted molar refractivity (Wildman–Crippen MR) is 85.9 cm³/mol. The smallest absolute Gasteiger partial charge is 0.241 e. The Morgan fingerprint density at radius 2 is 2.26 bits per heavy atom. The van der Waals surface area contributed by atoms with Gasteiger partial charge >= 0.3 is 0 Å². The van der Waals surface area contributed by atoms with Crippen LogP contribution in [-0.2, 0) is 16.0 Å². The van der Waals surface area contributed by atoms with Crippen molar-refractivity contribution >= 4 is 11.3 Å². The normalized spacial score (nSPS) is 25.0. The molecule has 1 atom stereocenters. The van der Waals surface area contributed by atoms with Crippen LogP contribution >= 0.6 is 11.3 Å². The first-order valence-electron chi connectivity index (χ1n) is 8.10. The zero-order valence-corrected chi connectivity index (χ0v) is 14.1. The summed E-state index contributed by atoms with van der Waals surface area (Å²) in [6.45, 7) is 6.12. The van der Waals surface area contributed by atoms with Crippen molar-refractivity contribution in [1.82, 2.24) is 15.0 Å². The molecule has 4 heterocycles. The number of thiophene rings is 1. The third-order valence-corrected chi connectivity index (χ3v) is 5.54. The lowest BCUT2D eigenvalue weighted by Crippen LogP contribution is -2.46. The summed E-state index contributed by atoms with van der Waals surface area (Å²) in [5, 5.41) is 6.10. The van der Waals surface area contributed by atoms with Crippen LogP contribution in [0.4, 0.5) is 0 Å². The van der Waals surface area contributed by atoms with E-state index in [9.17, 15) is 0 Å². The van der Waals surface area contributed by atoms with Gasteiger partial charge in [0.25, 0.3) is 0 Å². The summed E-state index contributed by atoms with van der Waals surface area (Å²) in [7, 11) is 0. The molecule has 2 aromatic heterocycles. The van der Waals surface area contributed by atoms with Crippen LogP contribution in [0.15, 0.2) is 22.0 Å². The molecule has 0 aliphatic carbocycles. The van der Waals surface area contributed by atoms with Crippen LogP contribution in [0, 0.1) is 5.92 Å². The molecule has 0 N–H and O–H groups in total. The summed E-state index contributed by atoms with van der Waals surface area (Å²) in [4.78, 5) is 7.91. The highest BCUT2D eigenvalue weighted by molar-refractivity contribution is 7.13. The second-order valence-corrected chi connectivity index (χ2v) is 7.22. The van der Waals surface area contributed by atoms with Gasteiger partial charge in [-0.05, 0) is 37.8 Å². The Hall–Kier alpha value is -1.28. The lowest BCUT2D eigenvalue weighted by atomic mass is 9.90. The van der Waals surface area contributed by atoms with E-state index in [-0.39, 0.29) is 0 Å². The molecule has 2 saturated heterocycles. The van der Waals surface area contributed by atoms with Crippen LogP contribution in [0.25, 0.3) is 10.7 Å². The average Bonchev–Trinajstić information content (AvgIpc) is 3.28. The minimum atomic E-state index is -0.435. The van der Waals surface area contributed by atoms with E-state index in [4.69, 9.17) is 14.0 Å². The zero-order valence-electron chi connectivity index (χ0n) is 13.2. The summed E-state index contributed by atoms with van der Waals surface area (Å²) >= 11 is 1.62. The summed E-state index contributed by atoms with van der Waals surface area (Å²) in [6.07, 6.45) is 2.27. The quantitative estimate of drug-likeness (QED) is 0.856. The summed E-state index contributed by atoms with van der Waals surface area (Å²) in [5.41, 5.74) is 0. The molecule has 0 radical (unpaired) electrons. The lowest BCUT2D eigenvalue weighted by molar-refractivity contribution is -0.192. The highest BCUT2D eigenvalue weighted by atomic mass is 32.1. The molecule has 0 saturated carbocycles. The first kappa shape index (κ1) is 15.3. The van der Waals surface area contributed by atoms with Gasteiger partial charge in [0.05, 0.1) is 24.6 Å². The van der Waals surface area contributed by atoms with Crippen molar-refractivity contribution in [2.24, 2.45) is 5.92 Å². The van der Waals surface area contributed by atoms with Crippen LogP contribution in [0.5, 0.6) is 0 Å². The highest BCUT2D eigenvalue weighted by Gasteiger charge is 2.41. The zero-order chi connectivity index (χ0) is 15.7. The number of hydrogen-bond donors (Lipinski definition) is 0. The molecule has 2 aliphatic rings. The van der Waals surface area contributed by atoms with Gasteiger partial charge in [0, 0.05) is 12.5 Å². The van der Waals surface area contributed by atoms with E-state index in [2.05, 4.69) is 22.0 Å². The van der Waals surface area contributed by atoms with E-state index in [1.54, 1.807) is 11.3 Å². The van der Waals surface area contributed by atoms with Crippen molar-refractivity contribution in [2.75, 3.05) is 26.3 Å². The van der Waals surface area contributed by atoms with E-state index in [0.29, 0.717) is 37.4 Å². The molecule has 2 fully saturated rings. The molecule has 6 nitrogen and oxygen atoms in total. The number of nitrogens with zero attached hydrogens (tertiary/aromatic N) is 3. The third kappa shape index (κ3) is 3.19. The molecule has 2 aromatic rings. The van der Waals surface area contributed by atoms with Crippen LogP contribution < -0.4 is 0 Å². The number of ether oxygens (including phenoxy) is 2. The molecule has 23 heavy (non-hydrogen) atoms. The highest BCUT2D eigenvalue weighted by Crippen LogP contribution is 2.34. The van der Waals surface area contributed by atoms with Crippen molar-refractivity contribution in [3.05, 3.63) is 23.4 Å². The summed E-state index contributed by atoms with van der Waals surface area (Å²) in [6, 6.07) is 4.00. The van der Waals surface area contributed by atoms with Gasteiger partial charge in [-0.3, -0.25) is 4.90 Å². The van der Waals surface area contributed by atoms with Crippen LogP contribution in [-0.4, -0.2) is 47.1 Å².